The molecule has 0 spiro atoms. The zero-order chi connectivity index (χ0) is 14.2. The van der Waals surface area contributed by atoms with E-state index in [4.69, 9.17) is 0 Å². The van der Waals surface area contributed by atoms with Crippen molar-refractivity contribution in [2.24, 2.45) is 0 Å². The van der Waals surface area contributed by atoms with Gasteiger partial charge in [0.05, 0.1) is 0 Å². The molecule has 1 nitrogen and oxygen atoms in total. The van der Waals surface area contributed by atoms with Crippen molar-refractivity contribution in [2.75, 3.05) is 5.75 Å². The first-order valence-electron chi connectivity index (χ1n) is 8.27. The van der Waals surface area contributed by atoms with Gasteiger partial charge in [0, 0.05) is 17.3 Å². The van der Waals surface area contributed by atoms with Crippen LogP contribution in [0.15, 0.2) is 30.3 Å². The standard InChI is InChI=1S/C18H29NS/c1-3-5-12-16(15-10-7-6-8-11-15)19-17-13-9-14-18(17)20-4-2/h6-8,10-11,16-19H,3-5,9,12-14H2,1-2H3. The first-order chi connectivity index (χ1) is 9.85. The quantitative estimate of drug-likeness (QED) is 0.708. The zero-order valence-electron chi connectivity index (χ0n) is 13.0. The summed E-state index contributed by atoms with van der Waals surface area (Å²) in [6.45, 7) is 4.57. The van der Waals surface area contributed by atoms with E-state index >= 15 is 0 Å². The predicted molar refractivity (Wildman–Crippen MR) is 91.4 cm³/mol. The molecule has 0 aromatic heterocycles. The third kappa shape index (κ3) is 4.53. The molecular weight excluding hydrogens is 262 g/mol. The van der Waals surface area contributed by atoms with Crippen molar-refractivity contribution in [2.45, 2.75) is 69.7 Å². The van der Waals surface area contributed by atoms with E-state index in [0.717, 1.165) is 5.25 Å². The summed E-state index contributed by atoms with van der Waals surface area (Å²) in [5.74, 6) is 1.24. The Kier molecular flexibility index (Phi) is 6.95. The lowest BCUT2D eigenvalue weighted by Gasteiger charge is -2.27. The Balaban J connectivity index is 2.00. The molecule has 0 bridgehead atoms. The molecule has 1 N–H and O–H groups in total. The van der Waals surface area contributed by atoms with Crippen molar-refractivity contribution in [3.8, 4) is 0 Å². The summed E-state index contributed by atoms with van der Waals surface area (Å²) >= 11 is 2.15. The SMILES string of the molecule is CCCCC(NC1CCCC1SCC)c1ccccc1. The number of unbranched alkanes of at least 4 members (excludes halogenated alkanes) is 1. The molecule has 3 unspecified atom stereocenters. The van der Waals surface area contributed by atoms with Crippen LogP contribution in [-0.4, -0.2) is 17.0 Å². The van der Waals surface area contributed by atoms with Crippen molar-refractivity contribution in [1.82, 2.24) is 5.32 Å². The summed E-state index contributed by atoms with van der Waals surface area (Å²) in [5, 5.41) is 4.81. The molecule has 2 rings (SSSR count). The Morgan fingerprint density at radius 3 is 2.70 bits per heavy atom. The van der Waals surface area contributed by atoms with Gasteiger partial charge in [-0.1, -0.05) is 63.4 Å². The topological polar surface area (TPSA) is 12.0 Å². The molecule has 0 radical (unpaired) electrons. The fraction of sp³-hybridized carbons (Fsp3) is 0.667. The average Bonchev–Trinajstić information content (AvgIpc) is 2.92. The number of nitrogens with one attached hydrogen (secondary N) is 1. The van der Waals surface area contributed by atoms with Crippen LogP contribution in [0.25, 0.3) is 0 Å². The second kappa shape index (κ2) is 8.74. The van der Waals surface area contributed by atoms with Crippen molar-refractivity contribution in [3.63, 3.8) is 0 Å². The van der Waals surface area contributed by atoms with Gasteiger partial charge in [-0.15, -0.1) is 0 Å². The van der Waals surface area contributed by atoms with Crippen LogP contribution in [0, 0.1) is 0 Å². The Hall–Kier alpha value is -0.470. The number of benzene rings is 1. The molecule has 2 heteroatoms. The summed E-state index contributed by atoms with van der Waals surface area (Å²) in [7, 11) is 0. The third-order valence-electron chi connectivity index (χ3n) is 4.30. The summed E-state index contributed by atoms with van der Waals surface area (Å²) < 4.78 is 0. The first kappa shape index (κ1) is 15.9. The van der Waals surface area contributed by atoms with Crippen LogP contribution < -0.4 is 5.32 Å². The Morgan fingerprint density at radius 1 is 1.20 bits per heavy atom. The van der Waals surface area contributed by atoms with Gasteiger partial charge in [0.25, 0.3) is 0 Å². The largest absolute Gasteiger partial charge is 0.306 e. The minimum atomic E-state index is 0.541. The molecule has 20 heavy (non-hydrogen) atoms. The van der Waals surface area contributed by atoms with Crippen LogP contribution in [0.1, 0.15) is 64.0 Å². The minimum Gasteiger partial charge on any atom is -0.306 e. The Bertz CT molecular complexity index is 365. The van der Waals surface area contributed by atoms with Gasteiger partial charge >= 0.3 is 0 Å². The van der Waals surface area contributed by atoms with E-state index in [-0.39, 0.29) is 0 Å². The monoisotopic (exact) mass is 291 g/mol. The highest BCUT2D eigenvalue weighted by atomic mass is 32.2. The van der Waals surface area contributed by atoms with Gasteiger partial charge in [0.2, 0.25) is 0 Å². The molecule has 1 saturated carbocycles. The highest BCUT2D eigenvalue weighted by Crippen LogP contribution is 2.32. The molecule has 0 heterocycles. The number of hydrogen-bond donors (Lipinski definition) is 1. The molecule has 0 amide bonds. The molecule has 1 aromatic carbocycles. The molecular formula is C18H29NS. The van der Waals surface area contributed by atoms with Gasteiger partial charge in [0.15, 0.2) is 0 Å². The van der Waals surface area contributed by atoms with Crippen molar-refractivity contribution < 1.29 is 0 Å². The lowest BCUT2D eigenvalue weighted by Crippen LogP contribution is -2.37. The number of hydrogen-bond acceptors (Lipinski definition) is 2. The third-order valence-corrected chi connectivity index (χ3v) is 5.62. The van der Waals surface area contributed by atoms with Crippen LogP contribution in [0.3, 0.4) is 0 Å². The van der Waals surface area contributed by atoms with Gasteiger partial charge in [-0.3, -0.25) is 0 Å². The maximum absolute atomic E-state index is 3.98. The highest BCUT2D eigenvalue weighted by Gasteiger charge is 2.29. The van der Waals surface area contributed by atoms with Crippen LogP contribution in [-0.2, 0) is 0 Å². The fourth-order valence-electron chi connectivity index (χ4n) is 3.23. The van der Waals surface area contributed by atoms with Crippen LogP contribution >= 0.6 is 11.8 Å². The van der Waals surface area contributed by atoms with Crippen LogP contribution in [0.5, 0.6) is 0 Å². The molecule has 1 aromatic rings. The van der Waals surface area contributed by atoms with Gasteiger partial charge in [-0.2, -0.15) is 11.8 Å². The second-order valence-corrected chi connectivity index (χ2v) is 7.32. The van der Waals surface area contributed by atoms with E-state index in [9.17, 15) is 0 Å². The lowest BCUT2D eigenvalue weighted by molar-refractivity contribution is 0.415. The number of thioether (sulfide) groups is 1. The maximum atomic E-state index is 3.98. The molecule has 1 fully saturated rings. The summed E-state index contributed by atoms with van der Waals surface area (Å²) in [5.41, 5.74) is 1.47. The normalized spacial score (nSPS) is 23.9. The van der Waals surface area contributed by atoms with E-state index in [0.29, 0.717) is 12.1 Å². The smallest absolute Gasteiger partial charge is 0.0323 e. The average molecular weight is 292 g/mol. The Morgan fingerprint density at radius 2 is 2.00 bits per heavy atom. The van der Waals surface area contributed by atoms with Crippen molar-refractivity contribution >= 4 is 11.8 Å². The second-order valence-electron chi connectivity index (χ2n) is 5.80. The molecule has 3 atom stereocenters. The van der Waals surface area contributed by atoms with Gasteiger partial charge in [0.1, 0.15) is 0 Å². The van der Waals surface area contributed by atoms with E-state index < -0.39 is 0 Å². The van der Waals surface area contributed by atoms with Crippen molar-refractivity contribution in [3.05, 3.63) is 35.9 Å². The molecule has 1 aliphatic rings. The molecule has 1 aliphatic carbocycles. The maximum Gasteiger partial charge on any atom is 0.0323 e. The van der Waals surface area contributed by atoms with E-state index in [1.807, 2.05) is 0 Å². The summed E-state index contributed by atoms with van der Waals surface area (Å²) in [4.78, 5) is 0. The minimum absolute atomic E-state index is 0.541. The molecule has 0 saturated heterocycles. The Labute approximate surface area is 128 Å². The predicted octanol–water partition coefficient (Wildman–Crippen LogP) is 5.18. The van der Waals surface area contributed by atoms with E-state index in [1.165, 1.54) is 49.8 Å². The lowest BCUT2D eigenvalue weighted by atomic mass is 10.00. The first-order valence-corrected chi connectivity index (χ1v) is 9.32. The van der Waals surface area contributed by atoms with Gasteiger partial charge < -0.3 is 5.32 Å². The molecule has 0 aliphatic heterocycles. The van der Waals surface area contributed by atoms with E-state index in [2.05, 4.69) is 61.3 Å². The summed E-state index contributed by atoms with van der Waals surface area (Å²) in [6.07, 6.45) is 8.00. The molecule has 112 valence electrons. The van der Waals surface area contributed by atoms with Gasteiger partial charge in [-0.25, -0.2) is 0 Å². The zero-order valence-corrected chi connectivity index (χ0v) is 13.8. The highest BCUT2D eigenvalue weighted by molar-refractivity contribution is 7.99. The summed E-state index contributed by atoms with van der Waals surface area (Å²) in [6, 6.07) is 12.3. The number of rotatable bonds is 8. The van der Waals surface area contributed by atoms with Gasteiger partial charge in [-0.05, 0) is 30.6 Å². The van der Waals surface area contributed by atoms with Crippen LogP contribution in [0.2, 0.25) is 0 Å². The van der Waals surface area contributed by atoms with E-state index in [1.54, 1.807) is 0 Å². The fourth-order valence-corrected chi connectivity index (χ4v) is 4.44. The van der Waals surface area contributed by atoms with Crippen molar-refractivity contribution in [1.29, 1.82) is 0 Å². The van der Waals surface area contributed by atoms with Crippen LogP contribution in [0.4, 0.5) is 0 Å².